The number of pyridine rings is 1. The Labute approximate surface area is 177 Å². The Morgan fingerprint density at radius 2 is 1.90 bits per heavy atom. The minimum atomic E-state index is -0.469. The number of imidazole rings is 1. The Kier molecular flexibility index (Phi) is 7.93. The van der Waals surface area contributed by atoms with E-state index in [1.807, 2.05) is 46.8 Å². The Balaban J connectivity index is 0.00000156. The number of aliphatic hydroxyl groups excluding tert-OH is 1. The molecule has 0 spiro atoms. The first kappa shape index (κ1) is 23.3. The van der Waals surface area contributed by atoms with Gasteiger partial charge in [-0.15, -0.1) is 0 Å². The lowest BCUT2D eigenvalue weighted by Crippen LogP contribution is -2.39. The average Bonchev–Trinajstić information content (AvgIpc) is 3.07. The number of aryl methyl sites for hydroxylation is 2. The molecule has 0 bridgehead atoms. The molecule has 0 unspecified atom stereocenters. The first-order chi connectivity index (χ1) is 14.3. The van der Waals surface area contributed by atoms with E-state index in [9.17, 15) is 9.59 Å². The van der Waals surface area contributed by atoms with Crippen LogP contribution < -0.4 is 16.0 Å². The van der Waals surface area contributed by atoms with Crippen molar-refractivity contribution in [3.05, 3.63) is 50.4 Å². The maximum absolute atomic E-state index is 13.1. The summed E-state index contributed by atoms with van der Waals surface area (Å²) in [4.78, 5) is 34.4. The molecule has 166 valence electrons. The third kappa shape index (κ3) is 4.79. The lowest BCUT2D eigenvalue weighted by atomic mass is 10.2. The fourth-order valence-corrected chi connectivity index (χ4v) is 3.00. The summed E-state index contributed by atoms with van der Waals surface area (Å²) in [7, 11) is 1.57. The van der Waals surface area contributed by atoms with Crippen molar-refractivity contribution in [2.24, 2.45) is 7.05 Å². The number of hydrogen-bond acceptors (Lipinski definition) is 6. The van der Waals surface area contributed by atoms with Crippen molar-refractivity contribution in [3.8, 4) is 6.01 Å². The summed E-state index contributed by atoms with van der Waals surface area (Å²) < 4.78 is 9.97. The van der Waals surface area contributed by atoms with Gasteiger partial charge >= 0.3 is 5.69 Å². The lowest BCUT2D eigenvalue weighted by Gasteiger charge is -2.12. The van der Waals surface area contributed by atoms with Crippen LogP contribution in [0.3, 0.4) is 0 Å². The molecule has 0 saturated carbocycles. The standard InChI is InChI=1S/C19H25N5O4.C2H6.H2/c1-12(2)28-18-21-16-15(24(18)11-14-7-6-13(3)20-10-14)17(26)23(8-5-9-25)19(27)22(16)4;1-2;/h6-7,10,12,25H,5,8-9,11H2,1-4H3;1-2H3;1H. The normalized spacial score (nSPS) is 10.9. The Morgan fingerprint density at radius 3 is 2.47 bits per heavy atom. The lowest BCUT2D eigenvalue weighted by molar-refractivity contribution is 0.214. The monoisotopic (exact) mass is 419 g/mol. The molecule has 3 aromatic heterocycles. The van der Waals surface area contributed by atoms with Gasteiger partial charge in [0, 0.05) is 33.5 Å². The molecule has 9 heteroatoms. The van der Waals surface area contributed by atoms with Gasteiger partial charge in [-0.05, 0) is 38.8 Å². The highest BCUT2D eigenvalue weighted by atomic mass is 16.5. The molecule has 0 aliphatic carbocycles. The summed E-state index contributed by atoms with van der Waals surface area (Å²) in [6.45, 7) is 10.0. The molecule has 3 heterocycles. The fraction of sp³-hybridized carbons (Fsp3) is 0.524. The topological polar surface area (TPSA) is 104 Å². The van der Waals surface area contributed by atoms with Crippen LogP contribution in [0.4, 0.5) is 0 Å². The van der Waals surface area contributed by atoms with Gasteiger partial charge in [0.15, 0.2) is 11.2 Å². The highest BCUT2D eigenvalue weighted by Gasteiger charge is 2.22. The molecular formula is C21H33N5O4. The first-order valence-corrected chi connectivity index (χ1v) is 10.2. The van der Waals surface area contributed by atoms with Crippen LogP contribution in [0.15, 0.2) is 27.9 Å². The number of fused-ring (bicyclic) bond motifs is 1. The highest BCUT2D eigenvalue weighted by molar-refractivity contribution is 5.72. The molecule has 9 nitrogen and oxygen atoms in total. The van der Waals surface area contributed by atoms with Crippen molar-refractivity contribution in [2.75, 3.05) is 6.61 Å². The van der Waals surface area contributed by atoms with Crippen molar-refractivity contribution in [2.45, 2.75) is 60.2 Å². The van der Waals surface area contributed by atoms with E-state index in [2.05, 4.69) is 9.97 Å². The summed E-state index contributed by atoms with van der Waals surface area (Å²) in [6, 6.07) is 4.10. The molecule has 0 amide bonds. The van der Waals surface area contributed by atoms with Crippen molar-refractivity contribution in [3.63, 3.8) is 0 Å². The highest BCUT2D eigenvalue weighted by Crippen LogP contribution is 2.20. The molecule has 0 radical (unpaired) electrons. The maximum Gasteiger partial charge on any atom is 0.332 e. The maximum atomic E-state index is 13.1. The van der Waals surface area contributed by atoms with Crippen LogP contribution in [0.5, 0.6) is 6.01 Å². The van der Waals surface area contributed by atoms with Gasteiger partial charge in [0.2, 0.25) is 0 Å². The second-order valence-corrected chi connectivity index (χ2v) is 7.00. The van der Waals surface area contributed by atoms with Gasteiger partial charge in [0.25, 0.3) is 11.6 Å². The Bertz CT molecular complexity index is 1100. The summed E-state index contributed by atoms with van der Waals surface area (Å²) in [5, 5.41) is 9.10. The number of ether oxygens (including phenoxy) is 1. The molecule has 0 saturated heterocycles. The third-order valence-electron chi connectivity index (χ3n) is 4.39. The van der Waals surface area contributed by atoms with Gasteiger partial charge < -0.3 is 9.84 Å². The van der Waals surface area contributed by atoms with Crippen molar-refractivity contribution in [1.82, 2.24) is 23.7 Å². The molecule has 30 heavy (non-hydrogen) atoms. The van der Waals surface area contributed by atoms with Gasteiger partial charge in [0.05, 0.1) is 12.6 Å². The summed E-state index contributed by atoms with van der Waals surface area (Å²) in [6.07, 6.45) is 1.90. The van der Waals surface area contributed by atoms with Crippen LogP contribution in [-0.4, -0.2) is 41.5 Å². The van der Waals surface area contributed by atoms with Gasteiger partial charge in [-0.1, -0.05) is 19.9 Å². The summed E-state index contributed by atoms with van der Waals surface area (Å²) in [5.41, 5.74) is 1.42. The van der Waals surface area contributed by atoms with Gasteiger partial charge in [-0.2, -0.15) is 4.98 Å². The van der Waals surface area contributed by atoms with Gasteiger partial charge in [-0.3, -0.25) is 23.5 Å². The SMILES string of the molecule is CC.Cc1ccc(Cn2c(OC(C)C)nc3c2c(=O)n(CCCO)c(=O)n3C)cn1.[HH]. The molecule has 0 aromatic carbocycles. The molecular weight excluding hydrogens is 386 g/mol. The van der Waals surface area contributed by atoms with Gasteiger partial charge in [0.1, 0.15) is 0 Å². The van der Waals surface area contributed by atoms with Crippen LogP contribution in [-0.2, 0) is 20.1 Å². The smallest absolute Gasteiger partial charge is 0.332 e. The van der Waals surface area contributed by atoms with Crippen LogP contribution in [0.1, 0.15) is 46.8 Å². The van der Waals surface area contributed by atoms with Crippen LogP contribution >= 0.6 is 0 Å². The molecule has 3 aromatic rings. The second kappa shape index (κ2) is 10.2. The Hall–Kier alpha value is -2.94. The predicted molar refractivity (Wildman–Crippen MR) is 118 cm³/mol. The van der Waals surface area contributed by atoms with Gasteiger partial charge in [-0.25, -0.2) is 4.79 Å². The number of nitrogens with zero attached hydrogens (tertiary/aromatic N) is 5. The minimum Gasteiger partial charge on any atom is -0.462 e. The summed E-state index contributed by atoms with van der Waals surface area (Å²) in [5.74, 6) is 0. The molecule has 3 rings (SSSR count). The number of hydrogen-bond donors (Lipinski definition) is 1. The zero-order valence-electron chi connectivity index (χ0n) is 18.5. The average molecular weight is 420 g/mol. The quantitative estimate of drug-likeness (QED) is 0.629. The zero-order valence-corrected chi connectivity index (χ0v) is 18.5. The van der Waals surface area contributed by atoms with E-state index in [1.165, 1.54) is 4.57 Å². The van der Waals surface area contributed by atoms with Crippen molar-refractivity contribution in [1.29, 1.82) is 0 Å². The zero-order chi connectivity index (χ0) is 22.4. The third-order valence-corrected chi connectivity index (χ3v) is 4.39. The van der Waals surface area contributed by atoms with E-state index in [0.29, 0.717) is 13.0 Å². The molecule has 0 aliphatic rings. The molecule has 0 fully saturated rings. The van der Waals surface area contributed by atoms with E-state index in [-0.39, 0.29) is 37.9 Å². The predicted octanol–water partition coefficient (Wildman–Crippen LogP) is 2.09. The largest absolute Gasteiger partial charge is 0.462 e. The van der Waals surface area contributed by atoms with Crippen molar-refractivity contribution >= 4 is 11.2 Å². The van der Waals surface area contributed by atoms with Crippen molar-refractivity contribution < 1.29 is 11.3 Å². The molecule has 1 N–H and O–H groups in total. The van der Waals surface area contributed by atoms with Crippen LogP contribution in [0.25, 0.3) is 11.2 Å². The minimum absolute atomic E-state index is 0. The number of rotatable bonds is 7. The number of aliphatic hydroxyl groups is 1. The van der Waals surface area contributed by atoms with Crippen LogP contribution in [0.2, 0.25) is 0 Å². The summed E-state index contributed by atoms with van der Waals surface area (Å²) >= 11 is 0. The van der Waals surface area contributed by atoms with E-state index >= 15 is 0 Å². The first-order valence-electron chi connectivity index (χ1n) is 10.2. The van der Waals surface area contributed by atoms with E-state index in [0.717, 1.165) is 15.8 Å². The van der Waals surface area contributed by atoms with E-state index in [4.69, 9.17) is 9.84 Å². The number of aromatic nitrogens is 5. The Morgan fingerprint density at radius 1 is 1.20 bits per heavy atom. The van der Waals surface area contributed by atoms with Crippen LogP contribution in [0, 0.1) is 6.92 Å². The second-order valence-electron chi connectivity index (χ2n) is 7.00. The van der Waals surface area contributed by atoms with E-state index in [1.54, 1.807) is 17.8 Å². The molecule has 0 aliphatic heterocycles. The molecule has 0 atom stereocenters. The fourth-order valence-electron chi connectivity index (χ4n) is 3.00. The van der Waals surface area contributed by atoms with E-state index < -0.39 is 11.2 Å².